The first-order valence-electron chi connectivity index (χ1n) is 5.48. The molecule has 4 nitrogen and oxygen atoms in total. The number of halogens is 2. The normalized spacial score (nSPS) is 19.3. The van der Waals surface area contributed by atoms with Gasteiger partial charge in [0.25, 0.3) is 0 Å². The topological polar surface area (TPSA) is 63.4 Å². The number of hydrogen-bond donors (Lipinski definition) is 1. The Labute approximate surface area is 102 Å². The molecule has 0 spiro atoms. The van der Waals surface area contributed by atoms with Crippen LogP contribution in [0.3, 0.4) is 0 Å². The van der Waals surface area contributed by atoms with Crippen LogP contribution in [-0.2, 0) is 16.1 Å². The molecule has 0 radical (unpaired) electrons. The number of nitrogens with zero attached hydrogens (tertiary/aromatic N) is 1. The predicted octanol–water partition coefficient (Wildman–Crippen LogP) is 0.799. The van der Waals surface area contributed by atoms with E-state index in [0.29, 0.717) is 0 Å². The number of rotatable bonds is 3. The lowest BCUT2D eigenvalue weighted by Crippen LogP contribution is -2.28. The van der Waals surface area contributed by atoms with Crippen molar-refractivity contribution in [1.29, 1.82) is 0 Å². The van der Waals surface area contributed by atoms with Gasteiger partial charge >= 0.3 is 0 Å². The largest absolute Gasteiger partial charge is 0.369 e. The molecule has 1 aromatic rings. The molecule has 0 saturated carbocycles. The Hall–Kier alpha value is -1.98. The highest BCUT2D eigenvalue weighted by atomic mass is 19.1. The minimum absolute atomic E-state index is 0.0225. The molecule has 0 aromatic heterocycles. The van der Waals surface area contributed by atoms with E-state index in [4.69, 9.17) is 5.73 Å². The summed E-state index contributed by atoms with van der Waals surface area (Å²) < 4.78 is 26.1. The number of nitrogens with two attached hydrogens (primary N) is 1. The number of carbonyl (C=O) groups is 2. The second kappa shape index (κ2) is 4.72. The summed E-state index contributed by atoms with van der Waals surface area (Å²) in [6.45, 7) is 0.208. The van der Waals surface area contributed by atoms with Gasteiger partial charge < -0.3 is 10.6 Å². The van der Waals surface area contributed by atoms with Crippen molar-refractivity contribution in [3.8, 4) is 0 Å². The Bertz CT molecular complexity index is 505. The van der Waals surface area contributed by atoms with Gasteiger partial charge in [-0.15, -0.1) is 0 Å². The summed E-state index contributed by atoms with van der Waals surface area (Å²) in [5.41, 5.74) is 5.34. The first-order valence-corrected chi connectivity index (χ1v) is 5.48. The molecule has 1 aliphatic heterocycles. The highest BCUT2D eigenvalue weighted by Gasteiger charge is 2.33. The number of benzene rings is 1. The fourth-order valence-corrected chi connectivity index (χ4v) is 1.97. The van der Waals surface area contributed by atoms with Crippen LogP contribution in [0.15, 0.2) is 18.2 Å². The van der Waals surface area contributed by atoms with Gasteiger partial charge in [0.05, 0.1) is 5.92 Å². The van der Waals surface area contributed by atoms with E-state index >= 15 is 0 Å². The molecule has 1 heterocycles. The number of hydrogen-bond acceptors (Lipinski definition) is 2. The number of likely N-dealkylation sites (tertiary alicyclic amines) is 1. The highest BCUT2D eigenvalue weighted by Crippen LogP contribution is 2.21. The van der Waals surface area contributed by atoms with Crippen molar-refractivity contribution in [3.63, 3.8) is 0 Å². The average molecular weight is 254 g/mol. The first-order chi connectivity index (χ1) is 8.47. The molecule has 1 unspecified atom stereocenters. The van der Waals surface area contributed by atoms with Crippen LogP contribution in [0.2, 0.25) is 0 Å². The van der Waals surface area contributed by atoms with E-state index in [1.807, 2.05) is 0 Å². The van der Waals surface area contributed by atoms with Crippen molar-refractivity contribution >= 4 is 11.8 Å². The monoisotopic (exact) mass is 254 g/mol. The van der Waals surface area contributed by atoms with Gasteiger partial charge in [-0.2, -0.15) is 0 Å². The zero-order valence-electron chi connectivity index (χ0n) is 9.53. The Balaban J connectivity index is 2.10. The maximum absolute atomic E-state index is 13.4. The van der Waals surface area contributed by atoms with Crippen LogP contribution in [0, 0.1) is 17.6 Å². The number of carbonyl (C=O) groups excluding carboxylic acids is 2. The van der Waals surface area contributed by atoms with Gasteiger partial charge in [0.1, 0.15) is 11.6 Å². The molecule has 1 aromatic carbocycles. The van der Waals surface area contributed by atoms with Crippen LogP contribution < -0.4 is 5.73 Å². The molecule has 2 rings (SSSR count). The summed E-state index contributed by atoms with van der Waals surface area (Å²) in [6, 6.07) is 3.18. The second-order valence-electron chi connectivity index (χ2n) is 4.31. The first kappa shape index (κ1) is 12.5. The summed E-state index contributed by atoms with van der Waals surface area (Å²) in [5, 5.41) is 0. The molecule has 96 valence electrons. The van der Waals surface area contributed by atoms with Crippen LogP contribution in [-0.4, -0.2) is 23.3 Å². The van der Waals surface area contributed by atoms with E-state index in [1.54, 1.807) is 0 Å². The molecule has 2 N–H and O–H groups in total. The minimum Gasteiger partial charge on any atom is -0.369 e. The second-order valence-corrected chi connectivity index (χ2v) is 4.31. The molecule has 6 heteroatoms. The van der Waals surface area contributed by atoms with Crippen LogP contribution in [0.1, 0.15) is 12.0 Å². The van der Waals surface area contributed by atoms with Crippen molar-refractivity contribution in [2.24, 2.45) is 11.7 Å². The average Bonchev–Trinajstić information content (AvgIpc) is 2.64. The van der Waals surface area contributed by atoms with Crippen molar-refractivity contribution in [3.05, 3.63) is 35.4 Å². The maximum Gasteiger partial charge on any atom is 0.223 e. The molecule has 1 fully saturated rings. The molecule has 2 amide bonds. The fourth-order valence-electron chi connectivity index (χ4n) is 1.97. The Morgan fingerprint density at radius 1 is 1.44 bits per heavy atom. The Kier molecular flexibility index (Phi) is 3.27. The third-order valence-corrected chi connectivity index (χ3v) is 2.99. The van der Waals surface area contributed by atoms with E-state index in [1.165, 1.54) is 11.0 Å². The van der Waals surface area contributed by atoms with Crippen LogP contribution in [0.4, 0.5) is 8.78 Å². The zero-order valence-corrected chi connectivity index (χ0v) is 9.53. The standard InChI is InChI=1S/C12H12F2N2O2/c13-9-2-1-7(10(14)4-9)5-16-6-8(12(15)18)3-11(16)17/h1-2,4,8H,3,5-6H2,(H2,15,18). The van der Waals surface area contributed by atoms with Crippen molar-refractivity contribution in [2.75, 3.05) is 6.54 Å². The lowest BCUT2D eigenvalue weighted by molar-refractivity contribution is -0.128. The van der Waals surface area contributed by atoms with Crippen molar-refractivity contribution in [1.82, 2.24) is 4.90 Å². The zero-order chi connectivity index (χ0) is 13.3. The summed E-state index contributed by atoms with van der Waals surface area (Å²) >= 11 is 0. The van der Waals surface area contributed by atoms with Crippen molar-refractivity contribution in [2.45, 2.75) is 13.0 Å². The van der Waals surface area contributed by atoms with Crippen LogP contribution >= 0.6 is 0 Å². The van der Waals surface area contributed by atoms with Gasteiger partial charge in [-0.3, -0.25) is 9.59 Å². The molecule has 1 saturated heterocycles. The summed E-state index contributed by atoms with van der Waals surface area (Å²) in [7, 11) is 0. The van der Waals surface area contributed by atoms with Gasteiger partial charge in [-0.1, -0.05) is 6.07 Å². The lowest BCUT2D eigenvalue weighted by Gasteiger charge is -2.16. The molecular weight excluding hydrogens is 242 g/mol. The Morgan fingerprint density at radius 3 is 2.72 bits per heavy atom. The van der Waals surface area contributed by atoms with Gasteiger partial charge in [0, 0.05) is 31.1 Å². The molecule has 1 atom stereocenters. The van der Waals surface area contributed by atoms with Gasteiger partial charge in [-0.05, 0) is 6.07 Å². The molecule has 18 heavy (non-hydrogen) atoms. The third kappa shape index (κ3) is 2.47. The van der Waals surface area contributed by atoms with Crippen LogP contribution in [0.25, 0.3) is 0 Å². The Morgan fingerprint density at radius 2 is 2.17 bits per heavy atom. The summed E-state index contributed by atoms with van der Waals surface area (Å²) in [5.74, 6) is -2.68. The lowest BCUT2D eigenvalue weighted by atomic mass is 10.1. The van der Waals surface area contributed by atoms with Gasteiger partial charge in [0.15, 0.2) is 0 Å². The third-order valence-electron chi connectivity index (χ3n) is 2.99. The molecular formula is C12H12F2N2O2. The summed E-state index contributed by atoms with van der Waals surface area (Å²) in [6.07, 6.45) is 0.0537. The van der Waals surface area contributed by atoms with E-state index in [2.05, 4.69) is 0 Å². The fraction of sp³-hybridized carbons (Fsp3) is 0.333. The van der Waals surface area contributed by atoms with E-state index in [-0.39, 0.29) is 31.0 Å². The predicted molar refractivity (Wildman–Crippen MR) is 59.1 cm³/mol. The SMILES string of the molecule is NC(=O)C1CC(=O)N(Cc2ccc(F)cc2F)C1. The van der Waals surface area contributed by atoms with Gasteiger partial charge in [-0.25, -0.2) is 8.78 Å². The molecule has 1 aliphatic rings. The van der Waals surface area contributed by atoms with Gasteiger partial charge in [0.2, 0.25) is 11.8 Å². The summed E-state index contributed by atoms with van der Waals surface area (Å²) in [4.78, 5) is 23.9. The van der Waals surface area contributed by atoms with Crippen LogP contribution in [0.5, 0.6) is 0 Å². The van der Waals surface area contributed by atoms with Crippen molar-refractivity contribution < 1.29 is 18.4 Å². The molecule has 0 bridgehead atoms. The highest BCUT2D eigenvalue weighted by molar-refractivity contribution is 5.88. The smallest absolute Gasteiger partial charge is 0.223 e. The molecule has 0 aliphatic carbocycles. The van der Waals surface area contributed by atoms with E-state index < -0.39 is 23.5 Å². The number of amides is 2. The number of primary amides is 1. The maximum atomic E-state index is 13.4. The minimum atomic E-state index is -0.703. The van der Waals surface area contributed by atoms with E-state index in [0.717, 1.165) is 12.1 Å². The van der Waals surface area contributed by atoms with E-state index in [9.17, 15) is 18.4 Å². The quantitative estimate of drug-likeness (QED) is 0.867.